The fourth-order valence-electron chi connectivity index (χ4n) is 2.06. The number of azo groups is 1. The fourth-order valence-corrected chi connectivity index (χ4v) is 2.23. The molecule has 126 valence electrons. The molecule has 8 nitrogen and oxygen atoms in total. The number of carbonyl (C=O) groups is 1. The van der Waals surface area contributed by atoms with E-state index in [1.165, 1.54) is 42.7 Å². The minimum Gasteiger partial charge on any atom is -0.350 e. The van der Waals surface area contributed by atoms with Gasteiger partial charge in [0.25, 0.3) is 0 Å². The van der Waals surface area contributed by atoms with Crippen LogP contribution in [0.5, 0.6) is 0 Å². The average molecular weight is 361 g/mol. The van der Waals surface area contributed by atoms with Crippen molar-refractivity contribution in [2.45, 2.75) is 0 Å². The summed E-state index contributed by atoms with van der Waals surface area (Å²) in [6.07, 6.45) is 2.81. The van der Waals surface area contributed by atoms with Gasteiger partial charge in [-0.1, -0.05) is 11.6 Å². The van der Waals surface area contributed by atoms with E-state index in [1.807, 2.05) is 0 Å². The average Bonchev–Trinajstić information content (AvgIpc) is 2.91. The molecular formula is C15H10ClFN6O2. The third-order valence-electron chi connectivity index (χ3n) is 3.18. The number of aromatic amines is 1. The number of hydrogen-bond acceptors (Lipinski definition) is 5. The van der Waals surface area contributed by atoms with Crippen molar-refractivity contribution in [2.24, 2.45) is 16.0 Å². The van der Waals surface area contributed by atoms with Gasteiger partial charge in [0.15, 0.2) is 5.69 Å². The van der Waals surface area contributed by atoms with Gasteiger partial charge in [0.1, 0.15) is 11.5 Å². The minimum atomic E-state index is -1.01. The SMILES string of the molecule is NC(=O)n1[nH]c(-c2ccc(F)cc2)c(N=Nc2cncc(Cl)c2)c1=O. The molecule has 0 spiro atoms. The molecule has 0 saturated carbocycles. The molecule has 3 N–H and O–H groups in total. The molecule has 2 aromatic heterocycles. The van der Waals surface area contributed by atoms with Crippen molar-refractivity contribution >= 4 is 29.0 Å². The van der Waals surface area contributed by atoms with Gasteiger partial charge >= 0.3 is 11.6 Å². The first kappa shape index (κ1) is 16.5. The second kappa shape index (κ2) is 6.65. The Labute approximate surface area is 144 Å². The van der Waals surface area contributed by atoms with Crippen LogP contribution in [-0.4, -0.2) is 20.8 Å². The molecule has 0 atom stereocenters. The Bertz CT molecular complexity index is 1030. The van der Waals surface area contributed by atoms with Gasteiger partial charge in [-0.25, -0.2) is 9.18 Å². The van der Waals surface area contributed by atoms with Crippen LogP contribution < -0.4 is 11.3 Å². The minimum absolute atomic E-state index is 0.162. The van der Waals surface area contributed by atoms with Crippen LogP contribution >= 0.6 is 11.6 Å². The molecule has 1 aromatic carbocycles. The number of primary amides is 1. The summed E-state index contributed by atoms with van der Waals surface area (Å²) in [5, 5.41) is 10.7. The predicted molar refractivity (Wildman–Crippen MR) is 88.9 cm³/mol. The number of pyridine rings is 1. The van der Waals surface area contributed by atoms with Gasteiger partial charge in [-0.15, -0.1) is 10.2 Å². The molecule has 0 saturated heterocycles. The Hall–Kier alpha value is -3.33. The highest BCUT2D eigenvalue weighted by molar-refractivity contribution is 6.30. The summed E-state index contributed by atoms with van der Waals surface area (Å²) in [7, 11) is 0. The Morgan fingerprint density at radius 3 is 2.60 bits per heavy atom. The molecule has 0 unspecified atom stereocenters. The van der Waals surface area contributed by atoms with Crippen molar-refractivity contribution in [2.75, 3.05) is 0 Å². The Balaban J connectivity index is 2.12. The van der Waals surface area contributed by atoms with E-state index in [4.69, 9.17) is 17.3 Å². The second-order valence-corrected chi connectivity index (χ2v) is 5.32. The molecule has 3 aromatic rings. The zero-order chi connectivity index (χ0) is 18.0. The normalized spacial score (nSPS) is 11.1. The van der Waals surface area contributed by atoms with Crippen molar-refractivity contribution in [3.05, 3.63) is 63.9 Å². The van der Waals surface area contributed by atoms with E-state index >= 15 is 0 Å². The van der Waals surface area contributed by atoms with Crippen LogP contribution in [0, 0.1) is 5.82 Å². The smallest absolute Gasteiger partial charge is 0.341 e. The van der Waals surface area contributed by atoms with Crippen molar-refractivity contribution < 1.29 is 9.18 Å². The van der Waals surface area contributed by atoms with Crippen molar-refractivity contribution in [3.63, 3.8) is 0 Å². The van der Waals surface area contributed by atoms with Gasteiger partial charge in [-0.2, -0.15) is 4.68 Å². The number of benzene rings is 1. The van der Waals surface area contributed by atoms with Crippen LogP contribution in [0.25, 0.3) is 11.3 Å². The third kappa shape index (κ3) is 3.45. The highest BCUT2D eigenvalue weighted by Gasteiger charge is 2.18. The van der Waals surface area contributed by atoms with Gasteiger partial charge in [-0.3, -0.25) is 14.9 Å². The van der Waals surface area contributed by atoms with E-state index in [0.717, 1.165) is 0 Å². The first-order valence-corrected chi connectivity index (χ1v) is 7.26. The largest absolute Gasteiger partial charge is 0.350 e. The molecule has 3 rings (SSSR count). The molecule has 0 aliphatic carbocycles. The van der Waals surface area contributed by atoms with E-state index in [9.17, 15) is 14.0 Å². The van der Waals surface area contributed by atoms with Crippen LogP contribution in [0.1, 0.15) is 0 Å². The van der Waals surface area contributed by atoms with E-state index in [-0.39, 0.29) is 11.4 Å². The monoisotopic (exact) mass is 360 g/mol. The van der Waals surface area contributed by atoms with Crippen molar-refractivity contribution in [3.8, 4) is 11.3 Å². The highest BCUT2D eigenvalue weighted by atomic mass is 35.5. The zero-order valence-corrected chi connectivity index (χ0v) is 13.2. The van der Waals surface area contributed by atoms with E-state index in [1.54, 1.807) is 0 Å². The number of nitrogens with zero attached hydrogens (tertiary/aromatic N) is 4. The molecule has 10 heteroatoms. The molecular weight excluding hydrogens is 351 g/mol. The van der Waals surface area contributed by atoms with Crippen LogP contribution in [0.3, 0.4) is 0 Å². The number of halogens is 2. The molecule has 0 aliphatic rings. The van der Waals surface area contributed by atoms with Crippen LogP contribution in [-0.2, 0) is 0 Å². The molecule has 25 heavy (non-hydrogen) atoms. The van der Waals surface area contributed by atoms with Gasteiger partial charge in [-0.05, 0) is 30.3 Å². The van der Waals surface area contributed by atoms with Crippen molar-refractivity contribution in [1.29, 1.82) is 0 Å². The fraction of sp³-hybridized carbons (Fsp3) is 0. The number of rotatable bonds is 3. The van der Waals surface area contributed by atoms with Gasteiger partial charge in [0, 0.05) is 11.8 Å². The zero-order valence-electron chi connectivity index (χ0n) is 12.5. The summed E-state index contributed by atoms with van der Waals surface area (Å²) in [5.74, 6) is -0.450. The van der Waals surface area contributed by atoms with Crippen LogP contribution in [0.4, 0.5) is 20.6 Å². The lowest BCUT2D eigenvalue weighted by Crippen LogP contribution is -2.29. The maximum absolute atomic E-state index is 13.1. The predicted octanol–water partition coefficient (Wildman–Crippen LogP) is 3.37. The van der Waals surface area contributed by atoms with Crippen LogP contribution in [0.15, 0.2) is 57.7 Å². The van der Waals surface area contributed by atoms with Gasteiger partial charge < -0.3 is 5.73 Å². The van der Waals surface area contributed by atoms with E-state index in [2.05, 4.69) is 20.3 Å². The lowest BCUT2D eigenvalue weighted by Gasteiger charge is -1.99. The first-order chi connectivity index (χ1) is 12.0. The van der Waals surface area contributed by atoms with E-state index < -0.39 is 17.4 Å². The summed E-state index contributed by atoms with van der Waals surface area (Å²) >= 11 is 5.81. The number of amides is 1. The molecule has 0 aliphatic heterocycles. The summed E-state index contributed by atoms with van der Waals surface area (Å²) < 4.78 is 13.7. The molecule has 0 bridgehead atoms. The number of carbonyl (C=O) groups excluding carboxylic acids is 1. The Kier molecular flexibility index (Phi) is 4.40. The van der Waals surface area contributed by atoms with E-state index in [0.29, 0.717) is 21.0 Å². The molecule has 1 amide bonds. The second-order valence-electron chi connectivity index (χ2n) is 4.88. The maximum Gasteiger partial charge on any atom is 0.341 e. The molecule has 0 radical (unpaired) electrons. The van der Waals surface area contributed by atoms with Crippen LogP contribution in [0.2, 0.25) is 5.02 Å². The lowest BCUT2D eigenvalue weighted by atomic mass is 10.1. The topological polar surface area (TPSA) is 118 Å². The van der Waals surface area contributed by atoms with Gasteiger partial charge in [0.2, 0.25) is 0 Å². The summed E-state index contributed by atoms with van der Waals surface area (Å²) in [6.45, 7) is 0. The lowest BCUT2D eigenvalue weighted by molar-refractivity contribution is 0.247. The number of nitrogens with two attached hydrogens (primary N) is 1. The Morgan fingerprint density at radius 2 is 1.96 bits per heavy atom. The maximum atomic E-state index is 13.1. The van der Waals surface area contributed by atoms with Crippen molar-refractivity contribution in [1.82, 2.24) is 14.8 Å². The summed E-state index contributed by atoms with van der Waals surface area (Å²) in [6, 6.07) is 5.74. The quantitative estimate of drug-likeness (QED) is 0.697. The molecule has 2 heterocycles. The Morgan fingerprint density at radius 1 is 1.24 bits per heavy atom. The standard InChI is InChI=1S/C15H10ClFN6O2/c16-9-5-11(7-19-6-9)20-21-13-12(8-1-3-10(17)4-2-8)22-23(14(13)24)15(18)25/h1-7,22H,(H2,18,25). The summed E-state index contributed by atoms with van der Waals surface area (Å²) in [5.41, 5.74) is 5.12. The van der Waals surface area contributed by atoms with Gasteiger partial charge in [0.05, 0.1) is 16.9 Å². The number of aromatic nitrogens is 3. The number of hydrogen-bond donors (Lipinski definition) is 2. The third-order valence-corrected chi connectivity index (χ3v) is 3.38. The number of H-pyrrole nitrogens is 1. The summed E-state index contributed by atoms with van der Waals surface area (Å²) in [4.78, 5) is 27.6. The first-order valence-electron chi connectivity index (χ1n) is 6.89. The number of nitrogens with one attached hydrogen (secondary N) is 1. The molecule has 0 fully saturated rings. The highest BCUT2D eigenvalue weighted by Crippen LogP contribution is 2.27.